The molecule has 1 unspecified atom stereocenters. The van der Waals surface area contributed by atoms with Gasteiger partial charge in [0.25, 0.3) is 0 Å². The molecule has 1 saturated heterocycles. The zero-order valence-corrected chi connectivity index (χ0v) is 13.5. The molecule has 4 nitrogen and oxygen atoms in total. The van der Waals surface area contributed by atoms with Gasteiger partial charge in [0, 0.05) is 13.1 Å². The second kappa shape index (κ2) is 6.01. The molecule has 0 bridgehead atoms. The lowest BCUT2D eigenvalue weighted by molar-refractivity contribution is -0.146. The molecule has 1 aromatic rings. The number of carbonyl (C=O) groups excluding carboxylic acids is 1. The Kier molecular flexibility index (Phi) is 4.79. The van der Waals surface area contributed by atoms with E-state index in [-0.39, 0.29) is 24.1 Å². The van der Waals surface area contributed by atoms with Gasteiger partial charge in [-0.3, -0.25) is 9.69 Å². The first-order valence-electron chi connectivity index (χ1n) is 6.19. The van der Waals surface area contributed by atoms with Gasteiger partial charge < -0.3 is 9.84 Å². The lowest BCUT2D eigenvalue weighted by Crippen LogP contribution is -2.54. The van der Waals surface area contributed by atoms with E-state index in [2.05, 4.69) is 20.8 Å². The summed E-state index contributed by atoms with van der Waals surface area (Å²) in [7, 11) is 0. The maximum atomic E-state index is 12.2. The Morgan fingerprint density at radius 1 is 1.63 bits per heavy atom. The molecule has 0 amide bonds. The first-order chi connectivity index (χ1) is 8.89. The number of hydrogen-bond donors (Lipinski definition) is 1. The normalized spacial score (nSPS) is 23.5. The van der Waals surface area contributed by atoms with E-state index in [1.54, 1.807) is 0 Å². The SMILES string of the molecule is CC1(C)CN(CC(=O)c2ccc(Br)s2)CC(CO)O1. The van der Waals surface area contributed by atoms with Crippen LogP contribution in [-0.4, -0.2) is 53.7 Å². The van der Waals surface area contributed by atoms with Crippen molar-refractivity contribution in [2.45, 2.75) is 25.6 Å². The highest BCUT2D eigenvalue weighted by Gasteiger charge is 2.33. The Morgan fingerprint density at radius 2 is 2.37 bits per heavy atom. The van der Waals surface area contributed by atoms with Crippen molar-refractivity contribution in [2.24, 2.45) is 0 Å². The highest BCUT2D eigenvalue weighted by atomic mass is 79.9. The summed E-state index contributed by atoms with van der Waals surface area (Å²) in [4.78, 5) is 15.0. The number of rotatable bonds is 4. The van der Waals surface area contributed by atoms with Gasteiger partial charge in [0.2, 0.25) is 0 Å². The average Bonchev–Trinajstić information content (AvgIpc) is 2.73. The minimum atomic E-state index is -0.331. The number of ether oxygens (including phenoxy) is 1. The number of morpholine rings is 1. The highest BCUT2D eigenvalue weighted by molar-refractivity contribution is 9.11. The van der Waals surface area contributed by atoms with Crippen molar-refractivity contribution < 1.29 is 14.6 Å². The molecule has 0 spiro atoms. The van der Waals surface area contributed by atoms with Crippen LogP contribution >= 0.6 is 27.3 Å². The van der Waals surface area contributed by atoms with Gasteiger partial charge in [0.05, 0.1) is 33.5 Å². The molecule has 1 N–H and O–H groups in total. The van der Waals surface area contributed by atoms with Crippen LogP contribution in [-0.2, 0) is 4.74 Å². The minimum Gasteiger partial charge on any atom is -0.394 e. The molecule has 6 heteroatoms. The number of thiophene rings is 1. The maximum absolute atomic E-state index is 12.2. The summed E-state index contributed by atoms with van der Waals surface area (Å²) in [5, 5.41) is 9.25. The van der Waals surface area contributed by atoms with E-state index in [1.807, 2.05) is 26.0 Å². The van der Waals surface area contributed by atoms with Crippen LogP contribution in [0.5, 0.6) is 0 Å². The third kappa shape index (κ3) is 4.10. The predicted octanol–water partition coefficient (Wildman–Crippen LogP) is 2.17. The third-order valence-electron chi connectivity index (χ3n) is 2.97. The Hall–Kier alpha value is -0.270. The van der Waals surface area contributed by atoms with Crippen LogP contribution in [0.25, 0.3) is 0 Å². The summed E-state index contributed by atoms with van der Waals surface area (Å²) < 4.78 is 6.70. The van der Waals surface area contributed by atoms with E-state index in [4.69, 9.17) is 4.74 Å². The van der Waals surface area contributed by atoms with Crippen molar-refractivity contribution in [3.8, 4) is 0 Å². The standard InChI is InChI=1S/C13H18BrNO3S/c1-13(2)8-15(5-9(7-16)18-13)6-10(17)11-3-4-12(14)19-11/h3-4,9,16H,5-8H2,1-2H3. The van der Waals surface area contributed by atoms with Crippen LogP contribution in [0.2, 0.25) is 0 Å². The number of ketones is 1. The zero-order valence-electron chi connectivity index (χ0n) is 11.1. The summed E-state index contributed by atoms with van der Waals surface area (Å²) in [6.07, 6.45) is -0.216. The number of aliphatic hydroxyl groups excluding tert-OH is 1. The van der Waals surface area contributed by atoms with Crippen LogP contribution in [0.1, 0.15) is 23.5 Å². The molecule has 0 aromatic carbocycles. The Bertz CT molecular complexity index is 460. The fourth-order valence-electron chi connectivity index (χ4n) is 2.38. The molecule has 106 valence electrons. The molecular weight excluding hydrogens is 330 g/mol. The molecule has 0 radical (unpaired) electrons. The fourth-order valence-corrected chi connectivity index (χ4v) is 3.69. The lowest BCUT2D eigenvalue weighted by Gasteiger charge is -2.42. The third-order valence-corrected chi connectivity index (χ3v) is 4.64. The highest BCUT2D eigenvalue weighted by Crippen LogP contribution is 2.24. The number of halogens is 1. The van der Waals surface area contributed by atoms with Crippen molar-refractivity contribution in [2.75, 3.05) is 26.2 Å². The summed E-state index contributed by atoms with van der Waals surface area (Å²) in [6.45, 7) is 5.61. The molecular formula is C13H18BrNO3S. The Balaban J connectivity index is 2.00. The average molecular weight is 348 g/mol. The molecule has 0 saturated carbocycles. The monoisotopic (exact) mass is 347 g/mol. The Labute approximate surface area is 125 Å². The van der Waals surface area contributed by atoms with Gasteiger partial charge in [-0.2, -0.15) is 0 Å². The van der Waals surface area contributed by atoms with Crippen molar-refractivity contribution in [1.29, 1.82) is 0 Å². The Morgan fingerprint density at radius 3 is 2.95 bits per heavy atom. The van der Waals surface area contributed by atoms with Gasteiger partial charge in [0.1, 0.15) is 0 Å². The topological polar surface area (TPSA) is 49.8 Å². The largest absolute Gasteiger partial charge is 0.394 e. The van der Waals surface area contributed by atoms with Crippen molar-refractivity contribution >= 4 is 33.0 Å². The molecule has 1 aliphatic heterocycles. The van der Waals surface area contributed by atoms with E-state index in [9.17, 15) is 9.90 Å². The second-order valence-electron chi connectivity index (χ2n) is 5.38. The fraction of sp³-hybridized carbons (Fsp3) is 0.615. The molecule has 0 aliphatic carbocycles. The summed E-state index contributed by atoms with van der Waals surface area (Å²) in [6, 6.07) is 3.73. The van der Waals surface area contributed by atoms with E-state index < -0.39 is 0 Å². The second-order valence-corrected chi connectivity index (χ2v) is 7.84. The van der Waals surface area contributed by atoms with Gasteiger partial charge in [0.15, 0.2) is 5.78 Å². The molecule has 1 fully saturated rings. The number of carbonyl (C=O) groups is 1. The first kappa shape index (κ1) is 15.1. The predicted molar refractivity (Wildman–Crippen MR) is 78.8 cm³/mol. The molecule has 1 aliphatic rings. The molecule has 1 aromatic heterocycles. The van der Waals surface area contributed by atoms with E-state index in [0.717, 1.165) is 8.66 Å². The zero-order chi connectivity index (χ0) is 14.0. The minimum absolute atomic E-state index is 0.0152. The van der Waals surface area contributed by atoms with Gasteiger partial charge in [-0.1, -0.05) is 0 Å². The number of Topliss-reactive ketones (excluding diaryl/α,β-unsaturated/α-hetero) is 1. The van der Waals surface area contributed by atoms with Crippen LogP contribution < -0.4 is 0 Å². The number of aliphatic hydroxyl groups is 1. The molecule has 1 atom stereocenters. The maximum Gasteiger partial charge on any atom is 0.186 e. The van der Waals surface area contributed by atoms with Gasteiger partial charge >= 0.3 is 0 Å². The van der Waals surface area contributed by atoms with Crippen LogP contribution in [0, 0.1) is 0 Å². The van der Waals surface area contributed by atoms with Crippen LogP contribution in [0.15, 0.2) is 15.9 Å². The van der Waals surface area contributed by atoms with Gasteiger partial charge in [-0.25, -0.2) is 0 Å². The molecule has 19 heavy (non-hydrogen) atoms. The first-order valence-corrected chi connectivity index (χ1v) is 7.80. The van der Waals surface area contributed by atoms with E-state index in [0.29, 0.717) is 19.6 Å². The van der Waals surface area contributed by atoms with Crippen LogP contribution in [0.3, 0.4) is 0 Å². The smallest absolute Gasteiger partial charge is 0.186 e. The molecule has 2 rings (SSSR count). The number of hydrogen-bond acceptors (Lipinski definition) is 5. The van der Waals surface area contributed by atoms with E-state index in [1.165, 1.54) is 11.3 Å². The van der Waals surface area contributed by atoms with Crippen molar-refractivity contribution in [3.05, 3.63) is 20.8 Å². The summed E-state index contributed by atoms with van der Waals surface area (Å²) in [5.41, 5.74) is -0.331. The number of nitrogens with zero attached hydrogens (tertiary/aromatic N) is 1. The summed E-state index contributed by atoms with van der Waals surface area (Å²) >= 11 is 4.81. The van der Waals surface area contributed by atoms with Crippen molar-refractivity contribution in [1.82, 2.24) is 4.90 Å². The van der Waals surface area contributed by atoms with Gasteiger partial charge in [-0.05, 0) is 41.9 Å². The quantitative estimate of drug-likeness (QED) is 0.848. The van der Waals surface area contributed by atoms with Crippen molar-refractivity contribution in [3.63, 3.8) is 0 Å². The molecule has 2 heterocycles. The van der Waals surface area contributed by atoms with E-state index >= 15 is 0 Å². The van der Waals surface area contributed by atoms with Gasteiger partial charge in [-0.15, -0.1) is 11.3 Å². The van der Waals surface area contributed by atoms with Crippen LogP contribution in [0.4, 0.5) is 0 Å². The lowest BCUT2D eigenvalue weighted by atomic mass is 10.0. The summed E-state index contributed by atoms with van der Waals surface area (Å²) in [5.74, 6) is 0.116.